The highest BCUT2D eigenvalue weighted by atomic mass is 35.5. The van der Waals surface area contributed by atoms with Crippen molar-refractivity contribution < 1.29 is 4.39 Å². The average molecular weight is 481 g/mol. The lowest BCUT2D eigenvalue weighted by Crippen LogP contribution is -2.49. The van der Waals surface area contributed by atoms with Crippen LogP contribution in [0.5, 0.6) is 0 Å². The molecule has 3 heterocycles. The number of fused-ring (bicyclic) bond motifs is 1. The Labute approximate surface area is 205 Å². The maximum Gasteiger partial charge on any atom is 0.132 e. The van der Waals surface area contributed by atoms with E-state index in [2.05, 4.69) is 45.5 Å². The van der Waals surface area contributed by atoms with Gasteiger partial charge in [0.2, 0.25) is 0 Å². The number of piperazine rings is 1. The van der Waals surface area contributed by atoms with Gasteiger partial charge in [0.25, 0.3) is 0 Å². The van der Waals surface area contributed by atoms with E-state index < -0.39 is 5.82 Å². The molecule has 4 rings (SSSR count). The first-order chi connectivity index (χ1) is 16.3. The van der Waals surface area contributed by atoms with Gasteiger partial charge >= 0.3 is 0 Å². The number of benzene rings is 1. The summed E-state index contributed by atoms with van der Waals surface area (Å²) in [6, 6.07) is 10.3. The van der Waals surface area contributed by atoms with Crippen LogP contribution in [-0.4, -0.2) is 70.8 Å². The van der Waals surface area contributed by atoms with Gasteiger partial charge in [0, 0.05) is 61.5 Å². The molecule has 1 saturated heterocycles. The monoisotopic (exact) mass is 480 g/mol. The number of nitrogens with zero attached hydrogens (tertiary/aromatic N) is 4. The lowest BCUT2D eigenvalue weighted by atomic mass is 10.0. The van der Waals surface area contributed by atoms with Crippen molar-refractivity contribution in [2.75, 3.05) is 44.6 Å². The van der Waals surface area contributed by atoms with Crippen LogP contribution in [0.3, 0.4) is 0 Å². The smallest absolute Gasteiger partial charge is 0.132 e. The molecule has 1 aliphatic rings. The van der Waals surface area contributed by atoms with Gasteiger partial charge in [-0.15, -0.1) is 0 Å². The Morgan fingerprint density at radius 2 is 1.91 bits per heavy atom. The van der Waals surface area contributed by atoms with Crippen molar-refractivity contribution in [3.63, 3.8) is 0 Å². The lowest BCUT2D eigenvalue weighted by molar-refractivity contribution is 0.111. The van der Waals surface area contributed by atoms with Crippen LogP contribution in [0.15, 0.2) is 49.2 Å². The molecule has 2 N–H and O–H groups in total. The third-order valence-electron chi connectivity index (χ3n) is 6.24. The van der Waals surface area contributed by atoms with Crippen molar-refractivity contribution in [1.82, 2.24) is 19.8 Å². The third-order valence-corrected chi connectivity index (χ3v) is 6.48. The molecule has 0 bridgehead atoms. The zero-order chi connectivity index (χ0) is 24.2. The van der Waals surface area contributed by atoms with Gasteiger partial charge in [-0.3, -0.25) is 20.2 Å². The SMILES string of the molecule is C=C(C(=N)c1cc(Cl)ccc1F)c1ccc2ncc(NCCN3CCN(C(C)C)CC3)cc2n1. The fourth-order valence-electron chi connectivity index (χ4n) is 4.11. The largest absolute Gasteiger partial charge is 0.382 e. The Morgan fingerprint density at radius 3 is 2.65 bits per heavy atom. The number of nitrogens with one attached hydrogen (secondary N) is 2. The van der Waals surface area contributed by atoms with E-state index in [1.807, 2.05) is 12.1 Å². The van der Waals surface area contributed by atoms with E-state index in [9.17, 15) is 4.39 Å². The van der Waals surface area contributed by atoms with Gasteiger partial charge in [-0.1, -0.05) is 18.2 Å². The summed E-state index contributed by atoms with van der Waals surface area (Å²) in [4.78, 5) is 14.1. The van der Waals surface area contributed by atoms with Gasteiger partial charge < -0.3 is 5.32 Å². The van der Waals surface area contributed by atoms with Crippen molar-refractivity contribution in [3.05, 3.63) is 71.3 Å². The van der Waals surface area contributed by atoms with Crippen molar-refractivity contribution >= 4 is 39.6 Å². The third kappa shape index (κ3) is 5.60. The van der Waals surface area contributed by atoms with Crippen molar-refractivity contribution in [3.8, 4) is 0 Å². The molecule has 34 heavy (non-hydrogen) atoms. The zero-order valence-electron chi connectivity index (χ0n) is 19.6. The standard InChI is InChI=1S/C26H30ClFN6/c1-17(2)34-12-10-33(11-13-34)9-8-30-20-15-25-24(31-16-20)7-6-23(32-25)18(3)26(29)21-14-19(27)4-5-22(21)28/h4-7,14-17,29-30H,3,8-13H2,1-2H3. The van der Waals surface area contributed by atoms with E-state index >= 15 is 0 Å². The number of allylic oxidation sites excluding steroid dienone is 1. The fourth-order valence-corrected chi connectivity index (χ4v) is 4.28. The Morgan fingerprint density at radius 1 is 1.15 bits per heavy atom. The summed E-state index contributed by atoms with van der Waals surface area (Å²) in [6.07, 6.45) is 1.80. The van der Waals surface area contributed by atoms with E-state index in [1.54, 1.807) is 12.3 Å². The number of aromatic nitrogens is 2. The molecule has 8 heteroatoms. The highest BCUT2D eigenvalue weighted by Crippen LogP contribution is 2.24. The van der Waals surface area contributed by atoms with Crippen LogP contribution in [-0.2, 0) is 0 Å². The van der Waals surface area contributed by atoms with Crippen LogP contribution >= 0.6 is 11.6 Å². The van der Waals surface area contributed by atoms with E-state index in [0.717, 1.165) is 50.5 Å². The fraction of sp³-hybridized carbons (Fsp3) is 0.346. The maximum absolute atomic E-state index is 14.2. The molecule has 1 aliphatic heterocycles. The molecule has 0 spiro atoms. The summed E-state index contributed by atoms with van der Waals surface area (Å²) in [7, 11) is 0. The highest BCUT2D eigenvalue weighted by Gasteiger charge is 2.18. The maximum atomic E-state index is 14.2. The average Bonchev–Trinajstić information content (AvgIpc) is 2.84. The number of rotatable bonds is 8. The number of hydrogen-bond acceptors (Lipinski definition) is 6. The summed E-state index contributed by atoms with van der Waals surface area (Å²) >= 11 is 5.99. The van der Waals surface area contributed by atoms with E-state index in [0.29, 0.717) is 27.8 Å². The molecule has 0 radical (unpaired) electrons. The van der Waals surface area contributed by atoms with Crippen LogP contribution in [0, 0.1) is 11.2 Å². The normalized spacial score (nSPS) is 15.1. The molecule has 0 atom stereocenters. The van der Waals surface area contributed by atoms with Crippen LogP contribution in [0.2, 0.25) is 5.02 Å². The minimum Gasteiger partial charge on any atom is -0.382 e. The van der Waals surface area contributed by atoms with Crippen molar-refractivity contribution in [2.45, 2.75) is 19.9 Å². The van der Waals surface area contributed by atoms with Gasteiger partial charge in [0.05, 0.1) is 34.3 Å². The second-order valence-electron chi connectivity index (χ2n) is 8.83. The van der Waals surface area contributed by atoms with Gasteiger partial charge in [0.15, 0.2) is 0 Å². The second kappa shape index (κ2) is 10.6. The topological polar surface area (TPSA) is 68.1 Å². The number of pyridine rings is 2. The molecule has 0 amide bonds. The van der Waals surface area contributed by atoms with Crippen molar-refractivity contribution in [1.29, 1.82) is 5.41 Å². The van der Waals surface area contributed by atoms with E-state index in [1.165, 1.54) is 18.2 Å². The quantitative estimate of drug-likeness (QED) is 0.447. The van der Waals surface area contributed by atoms with Gasteiger partial charge in [0.1, 0.15) is 5.82 Å². The summed E-state index contributed by atoms with van der Waals surface area (Å²) in [5.41, 5.74) is 3.19. The van der Waals surface area contributed by atoms with Gasteiger partial charge in [-0.2, -0.15) is 0 Å². The van der Waals surface area contributed by atoms with Crippen molar-refractivity contribution in [2.24, 2.45) is 0 Å². The molecule has 1 fully saturated rings. The summed E-state index contributed by atoms with van der Waals surface area (Å²) in [5.74, 6) is -0.518. The minimum atomic E-state index is -0.518. The molecule has 0 unspecified atom stereocenters. The number of halogens is 2. The summed E-state index contributed by atoms with van der Waals surface area (Å²) in [6.45, 7) is 14.7. The van der Waals surface area contributed by atoms with Gasteiger partial charge in [-0.25, -0.2) is 9.37 Å². The van der Waals surface area contributed by atoms with E-state index in [4.69, 9.17) is 17.0 Å². The molecule has 6 nitrogen and oxygen atoms in total. The number of hydrogen-bond donors (Lipinski definition) is 2. The Hall–Kier alpha value is -2.87. The second-order valence-corrected chi connectivity index (χ2v) is 9.27. The highest BCUT2D eigenvalue weighted by molar-refractivity contribution is 6.33. The molecule has 1 aromatic carbocycles. The molecule has 178 valence electrons. The summed E-state index contributed by atoms with van der Waals surface area (Å²) < 4.78 is 14.2. The molecular formula is C26H30ClFN6. The predicted octanol–water partition coefficient (Wildman–Crippen LogP) is 4.94. The van der Waals surface area contributed by atoms with Crippen LogP contribution in [0.4, 0.5) is 10.1 Å². The Kier molecular flexibility index (Phi) is 7.56. The van der Waals surface area contributed by atoms with Crippen LogP contribution in [0.1, 0.15) is 25.1 Å². The van der Waals surface area contributed by atoms with Crippen LogP contribution in [0.25, 0.3) is 16.6 Å². The number of anilines is 1. The predicted molar refractivity (Wildman–Crippen MR) is 138 cm³/mol. The lowest BCUT2D eigenvalue weighted by Gasteiger charge is -2.36. The van der Waals surface area contributed by atoms with E-state index in [-0.39, 0.29) is 11.3 Å². The Balaban J connectivity index is 1.41. The van der Waals surface area contributed by atoms with Gasteiger partial charge in [-0.05, 0) is 50.2 Å². The molecule has 0 aliphatic carbocycles. The molecule has 0 saturated carbocycles. The molecule has 2 aromatic heterocycles. The molecule has 3 aromatic rings. The van der Waals surface area contributed by atoms with Crippen LogP contribution < -0.4 is 5.32 Å². The summed E-state index contributed by atoms with van der Waals surface area (Å²) in [5, 5.41) is 12.2. The first-order valence-corrected chi connectivity index (χ1v) is 11.9. The Bertz CT molecular complexity index is 1200. The first kappa shape index (κ1) is 24.3. The zero-order valence-corrected chi connectivity index (χ0v) is 20.4. The minimum absolute atomic E-state index is 0.0494. The first-order valence-electron chi connectivity index (χ1n) is 11.5. The molecular weight excluding hydrogens is 451 g/mol.